The monoisotopic (exact) mass is 320 g/mol. The maximum absolute atomic E-state index is 10.9. The lowest BCUT2D eigenvalue weighted by Gasteiger charge is -2.27. The van der Waals surface area contributed by atoms with E-state index >= 15 is 0 Å². The van der Waals surface area contributed by atoms with Crippen molar-refractivity contribution in [3.8, 4) is 5.75 Å². The molecular formula is C16H17BrO2. The number of ether oxygens (including phenoxy) is 1. The van der Waals surface area contributed by atoms with Crippen molar-refractivity contribution in [2.75, 3.05) is 6.61 Å². The highest BCUT2D eigenvalue weighted by atomic mass is 79.9. The summed E-state index contributed by atoms with van der Waals surface area (Å²) in [4.78, 5) is 0. The Bertz CT molecular complexity index is 564. The van der Waals surface area contributed by atoms with E-state index in [1.165, 1.54) is 0 Å². The molecule has 3 heteroatoms. The lowest BCUT2D eigenvalue weighted by atomic mass is 9.87. The fraction of sp³-hybridized carbons (Fsp3) is 0.250. The number of hydrogen-bond donors (Lipinski definition) is 1. The molecule has 1 atom stereocenters. The van der Waals surface area contributed by atoms with E-state index in [-0.39, 0.29) is 0 Å². The van der Waals surface area contributed by atoms with Crippen molar-refractivity contribution in [2.24, 2.45) is 0 Å². The minimum atomic E-state index is -1.11. The van der Waals surface area contributed by atoms with Gasteiger partial charge in [-0.3, -0.25) is 0 Å². The first kappa shape index (κ1) is 14.1. The van der Waals surface area contributed by atoms with E-state index in [0.29, 0.717) is 12.4 Å². The Hall–Kier alpha value is -1.32. The van der Waals surface area contributed by atoms with Crippen LogP contribution >= 0.6 is 15.9 Å². The summed E-state index contributed by atoms with van der Waals surface area (Å²) in [5.74, 6) is 0.714. The van der Waals surface area contributed by atoms with E-state index in [9.17, 15) is 5.11 Å². The lowest BCUT2D eigenvalue weighted by Crippen LogP contribution is -2.24. The number of rotatable bonds is 4. The second-order valence-corrected chi connectivity index (χ2v) is 5.34. The average molecular weight is 321 g/mol. The van der Waals surface area contributed by atoms with Gasteiger partial charge in [0.05, 0.1) is 6.61 Å². The van der Waals surface area contributed by atoms with Gasteiger partial charge in [-0.05, 0) is 26.0 Å². The number of hydrogen-bond acceptors (Lipinski definition) is 2. The first-order valence-corrected chi connectivity index (χ1v) is 7.06. The molecule has 0 radical (unpaired) electrons. The molecule has 0 saturated heterocycles. The summed E-state index contributed by atoms with van der Waals surface area (Å²) in [6.07, 6.45) is 0. The number of halogens is 1. The van der Waals surface area contributed by atoms with Gasteiger partial charge in [-0.1, -0.05) is 52.3 Å². The van der Waals surface area contributed by atoms with Gasteiger partial charge in [-0.15, -0.1) is 0 Å². The number of aliphatic hydroxyl groups is 1. The van der Waals surface area contributed by atoms with Gasteiger partial charge in [0.1, 0.15) is 11.4 Å². The lowest BCUT2D eigenvalue weighted by molar-refractivity contribution is 0.0973. The van der Waals surface area contributed by atoms with Gasteiger partial charge in [-0.25, -0.2) is 0 Å². The molecule has 2 nitrogen and oxygen atoms in total. The number of benzene rings is 2. The Labute approximate surface area is 122 Å². The van der Waals surface area contributed by atoms with Crippen LogP contribution in [0.5, 0.6) is 5.75 Å². The third kappa shape index (κ3) is 2.82. The van der Waals surface area contributed by atoms with Crippen molar-refractivity contribution in [3.63, 3.8) is 0 Å². The van der Waals surface area contributed by atoms with E-state index in [1.807, 2.05) is 55.5 Å². The SMILES string of the molecule is CCOc1ccccc1C(C)(O)c1ccccc1Br. The van der Waals surface area contributed by atoms with Crippen LogP contribution in [0.1, 0.15) is 25.0 Å². The summed E-state index contributed by atoms with van der Waals surface area (Å²) in [6.45, 7) is 4.29. The predicted octanol–water partition coefficient (Wildman–Crippen LogP) is 4.10. The molecule has 0 aliphatic rings. The highest BCUT2D eigenvalue weighted by Gasteiger charge is 2.30. The Kier molecular flexibility index (Phi) is 4.27. The molecule has 1 N–H and O–H groups in total. The van der Waals surface area contributed by atoms with Gasteiger partial charge < -0.3 is 9.84 Å². The van der Waals surface area contributed by atoms with E-state index in [0.717, 1.165) is 15.6 Å². The quantitative estimate of drug-likeness (QED) is 0.918. The van der Waals surface area contributed by atoms with Crippen LogP contribution in [0.4, 0.5) is 0 Å². The molecule has 0 amide bonds. The van der Waals surface area contributed by atoms with Gasteiger partial charge in [0.15, 0.2) is 0 Å². The smallest absolute Gasteiger partial charge is 0.125 e. The molecule has 0 aromatic heterocycles. The Morgan fingerprint density at radius 3 is 2.26 bits per heavy atom. The third-order valence-corrected chi connectivity index (χ3v) is 3.80. The standard InChI is InChI=1S/C16H17BrO2/c1-3-19-15-11-7-5-9-13(15)16(2,18)12-8-4-6-10-14(12)17/h4-11,18H,3H2,1-2H3. The minimum Gasteiger partial charge on any atom is -0.493 e. The second-order valence-electron chi connectivity index (χ2n) is 4.48. The van der Waals surface area contributed by atoms with Crippen LogP contribution in [0.2, 0.25) is 0 Å². The first-order chi connectivity index (χ1) is 9.07. The zero-order valence-electron chi connectivity index (χ0n) is 11.1. The summed E-state index contributed by atoms with van der Waals surface area (Å²) in [7, 11) is 0. The highest BCUT2D eigenvalue weighted by Crippen LogP contribution is 2.38. The van der Waals surface area contributed by atoms with Crippen LogP contribution < -0.4 is 4.74 Å². The van der Waals surface area contributed by atoms with E-state index in [2.05, 4.69) is 15.9 Å². The molecule has 0 aliphatic carbocycles. The van der Waals surface area contributed by atoms with E-state index in [4.69, 9.17) is 4.74 Å². The second kappa shape index (κ2) is 5.76. The van der Waals surface area contributed by atoms with Crippen molar-refractivity contribution in [2.45, 2.75) is 19.4 Å². The molecule has 2 aromatic rings. The summed E-state index contributed by atoms with van der Waals surface area (Å²) in [6, 6.07) is 15.3. The molecule has 0 fully saturated rings. The van der Waals surface area contributed by atoms with Crippen LogP contribution in [0.3, 0.4) is 0 Å². The van der Waals surface area contributed by atoms with Gasteiger partial charge in [0.25, 0.3) is 0 Å². The maximum atomic E-state index is 10.9. The van der Waals surface area contributed by atoms with Crippen molar-refractivity contribution in [1.29, 1.82) is 0 Å². The molecule has 0 heterocycles. The third-order valence-electron chi connectivity index (χ3n) is 3.11. The Morgan fingerprint density at radius 1 is 1.05 bits per heavy atom. The van der Waals surface area contributed by atoms with Crippen LogP contribution in [-0.2, 0) is 5.60 Å². The van der Waals surface area contributed by atoms with Crippen LogP contribution in [-0.4, -0.2) is 11.7 Å². The van der Waals surface area contributed by atoms with Crippen LogP contribution in [0.15, 0.2) is 53.0 Å². The molecule has 2 rings (SSSR count). The molecule has 0 aliphatic heterocycles. The normalized spacial score (nSPS) is 13.9. The fourth-order valence-electron chi connectivity index (χ4n) is 2.15. The molecular weight excluding hydrogens is 304 g/mol. The van der Waals surface area contributed by atoms with Gasteiger partial charge in [0, 0.05) is 15.6 Å². The topological polar surface area (TPSA) is 29.5 Å². The van der Waals surface area contributed by atoms with Crippen LogP contribution in [0, 0.1) is 0 Å². The minimum absolute atomic E-state index is 0.572. The van der Waals surface area contributed by atoms with Gasteiger partial charge >= 0.3 is 0 Å². The number of para-hydroxylation sites is 1. The van der Waals surface area contributed by atoms with Crippen molar-refractivity contribution in [3.05, 3.63) is 64.1 Å². The van der Waals surface area contributed by atoms with E-state index < -0.39 is 5.60 Å². The summed E-state index contributed by atoms with van der Waals surface area (Å²) in [5, 5.41) is 10.9. The molecule has 2 aromatic carbocycles. The molecule has 100 valence electrons. The molecule has 19 heavy (non-hydrogen) atoms. The largest absolute Gasteiger partial charge is 0.493 e. The highest BCUT2D eigenvalue weighted by molar-refractivity contribution is 9.10. The molecule has 1 unspecified atom stereocenters. The predicted molar refractivity (Wildman–Crippen MR) is 80.4 cm³/mol. The summed E-state index contributed by atoms with van der Waals surface area (Å²) < 4.78 is 6.49. The van der Waals surface area contributed by atoms with Crippen molar-refractivity contribution < 1.29 is 9.84 Å². The Morgan fingerprint density at radius 2 is 1.63 bits per heavy atom. The molecule has 0 saturated carbocycles. The zero-order valence-corrected chi connectivity index (χ0v) is 12.6. The molecule has 0 spiro atoms. The first-order valence-electron chi connectivity index (χ1n) is 6.27. The fourth-order valence-corrected chi connectivity index (χ4v) is 2.82. The van der Waals surface area contributed by atoms with Crippen LogP contribution in [0.25, 0.3) is 0 Å². The Balaban J connectivity index is 2.53. The van der Waals surface area contributed by atoms with Crippen molar-refractivity contribution >= 4 is 15.9 Å². The van der Waals surface area contributed by atoms with Gasteiger partial charge in [-0.2, -0.15) is 0 Å². The van der Waals surface area contributed by atoms with Gasteiger partial charge in [0.2, 0.25) is 0 Å². The van der Waals surface area contributed by atoms with Crippen molar-refractivity contribution in [1.82, 2.24) is 0 Å². The summed E-state index contributed by atoms with van der Waals surface area (Å²) >= 11 is 3.49. The average Bonchev–Trinajstić information content (AvgIpc) is 2.40. The maximum Gasteiger partial charge on any atom is 0.125 e. The summed E-state index contributed by atoms with van der Waals surface area (Å²) in [5.41, 5.74) is 0.483. The van der Waals surface area contributed by atoms with E-state index in [1.54, 1.807) is 6.92 Å². The molecule has 0 bridgehead atoms. The zero-order chi connectivity index (χ0) is 13.9.